The van der Waals surface area contributed by atoms with Crippen LogP contribution >= 0.6 is 23.1 Å². The summed E-state index contributed by atoms with van der Waals surface area (Å²) in [4.78, 5) is 14.5. The van der Waals surface area contributed by atoms with Crippen LogP contribution < -0.4 is 4.90 Å². The molecule has 0 aliphatic carbocycles. The van der Waals surface area contributed by atoms with E-state index in [1.165, 1.54) is 23.1 Å². The molecule has 21 heavy (non-hydrogen) atoms. The van der Waals surface area contributed by atoms with Gasteiger partial charge in [-0.2, -0.15) is 0 Å². The number of rotatable bonds is 5. The molecule has 0 N–H and O–H groups in total. The quantitative estimate of drug-likeness (QED) is 0.789. The molecule has 0 bridgehead atoms. The van der Waals surface area contributed by atoms with E-state index in [1.807, 2.05) is 44.3 Å². The Balaban J connectivity index is 2.16. The fourth-order valence-corrected chi connectivity index (χ4v) is 3.99. The SMILES string of the molecule is Cc1nnc(S[C@H](C(=O)N(C)c2ccccc2)C(C)C)s1. The van der Waals surface area contributed by atoms with E-state index < -0.39 is 0 Å². The van der Waals surface area contributed by atoms with Crippen molar-refractivity contribution in [1.29, 1.82) is 0 Å². The highest BCUT2D eigenvalue weighted by molar-refractivity contribution is 8.02. The molecule has 2 aromatic rings. The molecule has 0 saturated carbocycles. The molecule has 0 aliphatic rings. The number of carbonyl (C=O) groups is 1. The number of aryl methyl sites for hydroxylation is 1. The van der Waals surface area contributed by atoms with E-state index in [0.29, 0.717) is 0 Å². The van der Waals surface area contributed by atoms with Crippen molar-refractivity contribution in [2.24, 2.45) is 5.92 Å². The summed E-state index contributed by atoms with van der Waals surface area (Å²) in [6.45, 7) is 6.04. The minimum Gasteiger partial charge on any atom is -0.315 e. The smallest absolute Gasteiger partial charge is 0.240 e. The molecule has 0 saturated heterocycles. The van der Waals surface area contributed by atoms with Crippen molar-refractivity contribution >= 4 is 34.7 Å². The Hall–Kier alpha value is -1.40. The Bertz CT molecular complexity index is 598. The molecule has 1 atom stereocenters. The maximum Gasteiger partial charge on any atom is 0.240 e. The van der Waals surface area contributed by atoms with E-state index in [-0.39, 0.29) is 17.1 Å². The van der Waals surface area contributed by atoms with Gasteiger partial charge in [0, 0.05) is 12.7 Å². The lowest BCUT2D eigenvalue weighted by atomic mass is 10.1. The minimum atomic E-state index is -0.164. The molecule has 1 heterocycles. The predicted molar refractivity (Wildman–Crippen MR) is 89.0 cm³/mol. The molecule has 1 aromatic carbocycles. The summed E-state index contributed by atoms with van der Waals surface area (Å²) in [6, 6.07) is 9.69. The molecular weight excluding hydrogens is 302 g/mol. The van der Waals surface area contributed by atoms with E-state index in [2.05, 4.69) is 24.0 Å². The fourth-order valence-electron chi connectivity index (χ4n) is 1.88. The third-order valence-electron chi connectivity index (χ3n) is 3.06. The third kappa shape index (κ3) is 4.04. The van der Waals surface area contributed by atoms with Gasteiger partial charge < -0.3 is 4.90 Å². The van der Waals surface area contributed by atoms with Gasteiger partial charge in [0.2, 0.25) is 5.91 Å². The molecule has 6 heteroatoms. The van der Waals surface area contributed by atoms with Crippen LogP contribution in [0.25, 0.3) is 0 Å². The van der Waals surface area contributed by atoms with Crippen LogP contribution in [0.4, 0.5) is 5.69 Å². The van der Waals surface area contributed by atoms with Gasteiger partial charge in [-0.3, -0.25) is 4.79 Å². The van der Waals surface area contributed by atoms with Crippen LogP contribution in [-0.2, 0) is 4.79 Å². The van der Waals surface area contributed by atoms with Gasteiger partial charge >= 0.3 is 0 Å². The number of para-hydroxylation sites is 1. The summed E-state index contributed by atoms with van der Waals surface area (Å²) in [5.74, 6) is 0.312. The number of aromatic nitrogens is 2. The number of hydrogen-bond donors (Lipinski definition) is 0. The molecule has 2 rings (SSSR count). The average Bonchev–Trinajstić information content (AvgIpc) is 2.89. The summed E-state index contributed by atoms with van der Waals surface area (Å²) < 4.78 is 0.848. The van der Waals surface area contributed by atoms with Crippen LogP contribution in [-0.4, -0.2) is 28.4 Å². The van der Waals surface area contributed by atoms with Gasteiger partial charge in [-0.05, 0) is 25.0 Å². The lowest BCUT2D eigenvalue weighted by molar-refractivity contribution is -0.118. The Kier molecular flexibility index (Phi) is 5.36. The van der Waals surface area contributed by atoms with E-state index in [1.54, 1.807) is 4.90 Å². The highest BCUT2D eigenvalue weighted by atomic mass is 32.2. The highest BCUT2D eigenvalue weighted by Crippen LogP contribution is 2.32. The number of amides is 1. The molecular formula is C15H19N3OS2. The summed E-state index contributed by atoms with van der Waals surface area (Å²) in [6.07, 6.45) is 0. The maximum absolute atomic E-state index is 12.8. The molecule has 0 radical (unpaired) electrons. The van der Waals surface area contributed by atoms with Gasteiger partial charge in [0.15, 0.2) is 4.34 Å². The Morgan fingerprint density at radius 1 is 1.24 bits per heavy atom. The van der Waals surface area contributed by atoms with Crippen LogP contribution in [0.2, 0.25) is 0 Å². The second kappa shape index (κ2) is 7.04. The minimum absolute atomic E-state index is 0.0917. The number of nitrogens with zero attached hydrogens (tertiary/aromatic N) is 3. The zero-order chi connectivity index (χ0) is 15.4. The van der Waals surface area contributed by atoms with Crippen molar-refractivity contribution in [1.82, 2.24) is 10.2 Å². The first-order valence-electron chi connectivity index (χ1n) is 6.78. The first-order valence-corrected chi connectivity index (χ1v) is 8.48. The molecule has 4 nitrogen and oxygen atoms in total. The molecule has 1 amide bonds. The van der Waals surface area contributed by atoms with Crippen molar-refractivity contribution < 1.29 is 4.79 Å². The largest absolute Gasteiger partial charge is 0.315 e. The lowest BCUT2D eigenvalue weighted by Gasteiger charge is -2.25. The maximum atomic E-state index is 12.8. The highest BCUT2D eigenvalue weighted by Gasteiger charge is 2.28. The monoisotopic (exact) mass is 321 g/mol. The third-order valence-corrected chi connectivity index (χ3v) is 5.51. The van der Waals surface area contributed by atoms with Gasteiger partial charge in [0.05, 0.1) is 5.25 Å². The Morgan fingerprint density at radius 3 is 2.43 bits per heavy atom. The predicted octanol–water partition coefficient (Wildman–Crippen LogP) is 3.63. The van der Waals surface area contributed by atoms with Crippen molar-refractivity contribution in [2.75, 3.05) is 11.9 Å². The number of hydrogen-bond acceptors (Lipinski definition) is 5. The summed E-state index contributed by atoms with van der Waals surface area (Å²) in [5, 5.41) is 8.88. The van der Waals surface area contributed by atoms with E-state index in [0.717, 1.165) is 15.0 Å². The molecule has 1 aromatic heterocycles. The zero-order valence-electron chi connectivity index (χ0n) is 12.6. The zero-order valence-corrected chi connectivity index (χ0v) is 14.2. The number of anilines is 1. The fraction of sp³-hybridized carbons (Fsp3) is 0.400. The molecule has 0 unspecified atom stereocenters. The topological polar surface area (TPSA) is 46.1 Å². The van der Waals surface area contributed by atoms with Gasteiger partial charge in [-0.25, -0.2) is 0 Å². The van der Waals surface area contributed by atoms with Crippen LogP contribution in [0.5, 0.6) is 0 Å². The van der Waals surface area contributed by atoms with Crippen molar-refractivity contribution in [3.63, 3.8) is 0 Å². The van der Waals surface area contributed by atoms with Gasteiger partial charge in [0.25, 0.3) is 0 Å². The summed E-state index contributed by atoms with van der Waals surface area (Å²) >= 11 is 3.03. The van der Waals surface area contributed by atoms with Crippen molar-refractivity contribution in [3.8, 4) is 0 Å². The molecule has 0 fully saturated rings. The summed E-state index contributed by atoms with van der Waals surface area (Å²) in [5.41, 5.74) is 0.905. The molecule has 0 aliphatic heterocycles. The van der Waals surface area contributed by atoms with Crippen LogP contribution in [0.3, 0.4) is 0 Å². The van der Waals surface area contributed by atoms with Gasteiger partial charge in [0.1, 0.15) is 5.01 Å². The van der Waals surface area contributed by atoms with Crippen molar-refractivity contribution in [3.05, 3.63) is 35.3 Å². The molecule has 0 spiro atoms. The van der Waals surface area contributed by atoms with Crippen LogP contribution in [0, 0.1) is 12.8 Å². The lowest BCUT2D eigenvalue weighted by Crippen LogP contribution is -2.37. The van der Waals surface area contributed by atoms with E-state index >= 15 is 0 Å². The van der Waals surface area contributed by atoms with Crippen molar-refractivity contribution in [2.45, 2.75) is 30.4 Å². The van der Waals surface area contributed by atoms with Gasteiger partial charge in [-0.1, -0.05) is 55.1 Å². The summed E-state index contributed by atoms with van der Waals surface area (Å²) in [7, 11) is 1.82. The average molecular weight is 321 g/mol. The number of carbonyl (C=O) groups excluding carboxylic acids is 1. The normalized spacial score (nSPS) is 12.4. The second-order valence-electron chi connectivity index (χ2n) is 5.10. The Morgan fingerprint density at radius 2 is 1.90 bits per heavy atom. The first kappa shape index (κ1) is 16.0. The van der Waals surface area contributed by atoms with Gasteiger partial charge in [-0.15, -0.1) is 10.2 Å². The van der Waals surface area contributed by atoms with Crippen LogP contribution in [0.15, 0.2) is 34.7 Å². The standard InChI is InChI=1S/C15H19N3OS2/c1-10(2)13(21-15-17-16-11(3)20-15)14(19)18(4)12-8-6-5-7-9-12/h5-10,13H,1-4H3/t13-/m0/s1. The van der Waals surface area contributed by atoms with E-state index in [9.17, 15) is 4.79 Å². The van der Waals surface area contributed by atoms with Crippen LogP contribution in [0.1, 0.15) is 18.9 Å². The number of thioether (sulfide) groups is 1. The first-order chi connectivity index (χ1) is 9.99. The second-order valence-corrected chi connectivity index (χ2v) is 7.67. The Labute approximate surface area is 133 Å². The number of benzene rings is 1. The molecule has 112 valence electrons. The van der Waals surface area contributed by atoms with E-state index in [4.69, 9.17) is 0 Å².